The van der Waals surface area contributed by atoms with Crippen LogP contribution in [-0.4, -0.2) is 31.2 Å². The van der Waals surface area contributed by atoms with E-state index in [1.54, 1.807) is 30.7 Å². The fourth-order valence-electron chi connectivity index (χ4n) is 2.96. The average Bonchev–Trinajstić information content (AvgIpc) is 3.06. The quantitative estimate of drug-likeness (QED) is 0.787. The summed E-state index contributed by atoms with van der Waals surface area (Å²) in [7, 11) is 1.64. The molecular weight excluding hydrogens is 348 g/mol. The number of rotatable bonds is 6. The number of methoxy groups -OCH3 is 1. The maximum atomic E-state index is 12.2. The van der Waals surface area contributed by atoms with Crippen LogP contribution in [0.15, 0.2) is 47.4 Å². The van der Waals surface area contributed by atoms with Crippen LogP contribution < -0.4 is 15.0 Å². The number of fused-ring (bicyclic) bond motifs is 1. The second-order valence-corrected chi connectivity index (χ2v) is 7.25. The Labute approximate surface area is 157 Å². The van der Waals surface area contributed by atoms with Gasteiger partial charge in [0.1, 0.15) is 5.75 Å². The van der Waals surface area contributed by atoms with Crippen molar-refractivity contribution < 1.29 is 14.3 Å². The van der Waals surface area contributed by atoms with Crippen molar-refractivity contribution in [2.24, 2.45) is 0 Å². The average molecular weight is 370 g/mol. The first-order valence-electron chi connectivity index (χ1n) is 8.54. The first-order chi connectivity index (χ1) is 12.6. The lowest BCUT2D eigenvalue weighted by Crippen LogP contribution is -2.25. The highest BCUT2D eigenvalue weighted by atomic mass is 32.2. The van der Waals surface area contributed by atoms with Gasteiger partial charge in [-0.05, 0) is 54.4 Å². The molecule has 0 aliphatic carbocycles. The van der Waals surface area contributed by atoms with E-state index < -0.39 is 0 Å². The summed E-state index contributed by atoms with van der Waals surface area (Å²) < 4.78 is 5.13. The summed E-state index contributed by atoms with van der Waals surface area (Å²) >= 11 is 1.64. The van der Waals surface area contributed by atoms with Gasteiger partial charge in [0, 0.05) is 41.9 Å². The van der Waals surface area contributed by atoms with Gasteiger partial charge in [0.2, 0.25) is 11.8 Å². The molecule has 2 aromatic rings. The summed E-state index contributed by atoms with van der Waals surface area (Å²) in [6.45, 7) is 2.28. The van der Waals surface area contributed by atoms with E-state index in [1.165, 1.54) is 0 Å². The lowest BCUT2D eigenvalue weighted by molar-refractivity contribution is -0.117. The predicted molar refractivity (Wildman–Crippen MR) is 105 cm³/mol. The summed E-state index contributed by atoms with van der Waals surface area (Å²) in [5, 5.41) is 2.94. The van der Waals surface area contributed by atoms with E-state index in [1.807, 2.05) is 42.5 Å². The van der Waals surface area contributed by atoms with Crippen molar-refractivity contribution >= 4 is 35.0 Å². The number of ether oxygens (including phenoxy) is 1. The van der Waals surface area contributed by atoms with Crippen molar-refractivity contribution in [3.63, 3.8) is 0 Å². The zero-order valence-corrected chi connectivity index (χ0v) is 15.8. The highest BCUT2D eigenvalue weighted by Crippen LogP contribution is 2.30. The van der Waals surface area contributed by atoms with Crippen LogP contribution in [0.5, 0.6) is 5.75 Å². The molecule has 0 fully saturated rings. The van der Waals surface area contributed by atoms with E-state index in [2.05, 4.69) is 5.32 Å². The first kappa shape index (κ1) is 18.3. The fourth-order valence-corrected chi connectivity index (χ4v) is 3.82. The summed E-state index contributed by atoms with van der Waals surface area (Å²) in [6, 6.07) is 13.5. The number of nitrogens with one attached hydrogen (secondary N) is 1. The molecule has 0 aromatic heterocycles. The van der Waals surface area contributed by atoms with E-state index in [4.69, 9.17) is 4.74 Å². The van der Waals surface area contributed by atoms with Gasteiger partial charge < -0.3 is 15.0 Å². The van der Waals surface area contributed by atoms with Gasteiger partial charge in [0.05, 0.1) is 7.11 Å². The number of amides is 2. The van der Waals surface area contributed by atoms with Gasteiger partial charge >= 0.3 is 0 Å². The van der Waals surface area contributed by atoms with E-state index in [9.17, 15) is 9.59 Å². The monoisotopic (exact) mass is 370 g/mol. The molecular formula is C20H22N2O3S. The summed E-state index contributed by atoms with van der Waals surface area (Å²) in [5.41, 5.74) is 2.84. The zero-order valence-electron chi connectivity index (χ0n) is 15.0. The van der Waals surface area contributed by atoms with E-state index in [0.717, 1.165) is 34.0 Å². The molecule has 1 aliphatic heterocycles. The van der Waals surface area contributed by atoms with Crippen molar-refractivity contribution in [1.82, 2.24) is 0 Å². The highest BCUT2D eigenvalue weighted by Gasteiger charge is 2.22. The fraction of sp³-hybridized carbons (Fsp3) is 0.300. The van der Waals surface area contributed by atoms with Gasteiger partial charge in [-0.15, -0.1) is 11.8 Å². The Balaban J connectivity index is 1.50. The minimum atomic E-state index is -0.00705. The number of thioether (sulfide) groups is 1. The van der Waals surface area contributed by atoms with Gasteiger partial charge in [-0.2, -0.15) is 0 Å². The second-order valence-electron chi connectivity index (χ2n) is 6.09. The summed E-state index contributed by atoms with van der Waals surface area (Å²) in [5.74, 6) is 1.58. The molecule has 0 spiro atoms. The molecule has 136 valence electrons. The minimum absolute atomic E-state index is 0.00705. The van der Waals surface area contributed by atoms with Gasteiger partial charge in [0.25, 0.3) is 0 Å². The van der Waals surface area contributed by atoms with Gasteiger partial charge in [-0.3, -0.25) is 9.59 Å². The topological polar surface area (TPSA) is 58.6 Å². The maximum Gasteiger partial charge on any atom is 0.225 e. The number of carbonyl (C=O) groups excluding carboxylic acids is 2. The van der Waals surface area contributed by atoms with E-state index in [0.29, 0.717) is 18.7 Å². The van der Waals surface area contributed by atoms with Crippen LogP contribution in [-0.2, 0) is 16.0 Å². The maximum absolute atomic E-state index is 12.2. The third-order valence-electron chi connectivity index (χ3n) is 4.30. The Morgan fingerprint density at radius 2 is 1.96 bits per heavy atom. The summed E-state index contributed by atoms with van der Waals surface area (Å²) in [6.07, 6.45) is 1.26. The molecule has 0 saturated carbocycles. The van der Waals surface area contributed by atoms with E-state index in [-0.39, 0.29) is 11.8 Å². The minimum Gasteiger partial charge on any atom is -0.497 e. The smallest absolute Gasteiger partial charge is 0.225 e. The molecule has 2 aromatic carbocycles. The van der Waals surface area contributed by atoms with Crippen molar-refractivity contribution in [3.8, 4) is 5.75 Å². The van der Waals surface area contributed by atoms with Crippen molar-refractivity contribution in [1.29, 1.82) is 0 Å². The molecule has 1 heterocycles. The molecule has 0 bridgehead atoms. The van der Waals surface area contributed by atoms with Crippen molar-refractivity contribution in [2.45, 2.75) is 24.7 Å². The molecule has 1 N–H and O–H groups in total. The Morgan fingerprint density at radius 3 is 2.65 bits per heavy atom. The number of carbonyl (C=O) groups is 2. The van der Waals surface area contributed by atoms with Crippen LogP contribution in [0, 0.1) is 0 Å². The van der Waals surface area contributed by atoms with Crippen molar-refractivity contribution in [3.05, 3.63) is 48.0 Å². The molecule has 0 radical (unpaired) electrons. The third-order valence-corrected chi connectivity index (χ3v) is 5.31. The number of hydrogen-bond acceptors (Lipinski definition) is 4. The normalized spacial score (nSPS) is 12.6. The third kappa shape index (κ3) is 4.38. The molecule has 0 atom stereocenters. The predicted octanol–water partition coefficient (Wildman–Crippen LogP) is 3.73. The molecule has 6 heteroatoms. The Hall–Kier alpha value is -2.47. The van der Waals surface area contributed by atoms with Crippen LogP contribution in [0.25, 0.3) is 0 Å². The molecule has 3 rings (SSSR count). The largest absolute Gasteiger partial charge is 0.497 e. The molecule has 0 saturated heterocycles. The number of nitrogens with zero attached hydrogens (tertiary/aromatic N) is 1. The van der Waals surface area contributed by atoms with Crippen LogP contribution in [0.1, 0.15) is 18.9 Å². The molecule has 0 unspecified atom stereocenters. The van der Waals surface area contributed by atoms with E-state index >= 15 is 0 Å². The zero-order chi connectivity index (χ0) is 18.5. The number of anilines is 2. The van der Waals surface area contributed by atoms with Gasteiger partial charge in [-0.1, -0.05) is 0 Å². The van der Waals surface area contributed by atoms with Crippen LogP contribution >= 0.6 is 11.8 Å². The van der Waals surface area contributed by atoms with Crippen LogP contribution in [0.4, 0.5) is 11.4 Å². The number of hydrogen-bond donors (Lipinski definition) is 1. The Morgan fingerprint density at radius 1 is 1.19 bits per heavy atom. The molecule has 2 amide bonds. The Bertz CT molecular complexity index is 805. The van der Waals surface area contributed by atoms with Crippen LogP contribution in [0.3, 0.4) is 0 Å². The summed E-state index contributed by atoms with van der Waals surface area (Å²) in [4.78, 5) is 26.6. The second kappa shape index (κ2) is 8.27. The lowest BCUT2D eigenvalue weighted by atomic mass is 10.1. The van der Waals surface area contributed by atoms with Gasteiger partial charge in [0.15, 0.2) is 0 Å². The molecule has 5 nitrogen and oxygen atoms in total. The number of benzene rings is 2. The van der Waals surface area contributed by atoms with Crippen molar-refractivity contribution in [2.75, 3.05) is 29.6 Å². The molecule has 1 aliphatic rings. The molecule has 26 heavy (non-hydrogen) atoms. The first-order valence-corrected chi connectivity index (χ1v) is 9.53. The SMILES string of the molecule is COc1ccc(SCCC(=O)Nc2ccc3c(c2)CCN3C(C)=O)cc1. The van der Waals surface area contributed by atoms with Crippen LogP contribution in [0.2, 0.25) is 0 Å². The highest BCUT2D eigenvalue weighted by molar-refractivity contribution is 7.99. The Kier molecular flexibility index (Phi) is 5.83. The van der Waals surface area contributed by atoms with Gasteiger partial charge in [-0.25, -0.2) is 0 Å². The lowest BCUT2D eigenvalue weighted by Gasteiger charge is -2.15. The standard InChI is InChI=1S/C20H22N2O3S/c1-14(23)22-11-9-15-13-16(3-8-19(15)22)21-20(24)10-12-26-18-6-4-17(25-2)5-7-18/h3-8,13H,9-12H2,1-2H3,(H,21,24).